The maximum atomic E-state index is 10.8. The predicted octanol–water partition coefficient (Wildman–Crippen LogP) is 2.74. The van der Waals surface area contributed by atoms with Crippen LogP contribution < -0.4 is 4.74 Å². The number of hydrogen-bond acceptors (Lipinski definition) is 3. The zero-order valence-electron chi connectivity index (χ0n) is 9.93. The summed E-state index contributed by atoms with van der Waals surface area (Å²) >= 11 is 0. The van der Waals surface area contributed by atoms with E-state index in [0.29, 0.717) is 11.8 Å². The van der Waals surface area contributed by atoms with Crippen LogP contribution in [0.4, 0.5) is 0 Å². The smallest absolute Gasteiger partial charge is 0.335 e. The summed E-state index contributed by atoms with van der Waals surface area (Å²) in [5, 5.41) is 8.88. The highest BCUT2D eigenvalue weighted by atomic mass is 16.5. The summed E-state index contributed by atoms with van der Waals surface area (Å²) < 4.78 is 5.78. The Hall–Kier alpha value is -1.58. The van der Waals surface area contributed by atoms with E-state index < -0.39 is 5.97 Å². The van der Waals surface area contributed by atoms with E-state index in [0.717, 1.165) is 6.42 Å². The van der Waals surface area contributed by atoms with Crippen LogP contribution in [0.5, 0.6) is 5.88 Å². The molecule has 0 aromatic carbocycles. The molecule has 0 saturated heterocycles. The first-order valence-corrected chi connectivity index (χ1v) is 6.03. The van der Waals surface area contributed by atoms with E-state index in [-0.39, 0.29) is 11.7 Å². The molecule has 17 heavy (non-hydrogen) atoms. The maximum Gasteiger partial charge on any atom is 0.335 e. The molecule has 1 aromatic heterocycles. The lowest BCUT2D eigenvalue weighted by Crippen LogP contribution is -2.28. The molecule has 0 bridgehead atoms. The molecule has 4 nitrogen and oxygen atoms in total. The van der Waals surface area contributed by atoms with Crippen molar-refractivity contribution in [3.8, 4) is 5.88 Å². The minimum Gasteiger partial charge on any atom is -0.478 e. The Labute approximate surface area is 101 Å². The van der Waals surface area contributed by atoms with Crippen LogP contribution in [0.2, 0.25) is 0 Å². The Morgan fingerprint density at radius 2 is 2.24 bits per heavy atom. The maximum absolute atomic E-state index is 10.8. The SMILES string of the molecule is C[C@@H]1CCCC[C@@H]1Oc1cc(C(=O)O)ccn1. The minimum absolute atomic E-state index is 0.167. The van der Waals surface area contributed by atoms with E-state index in [4.69, 9.17) is 9.84 Å². The molecule has 0 spiro atoms. The molecular weight excluding hydrogens is 218 g/mol. The Balaban J connectivity index is 2.07. The number of carboxylic acids is 1. The first-order valence-electron chi connectivity index (χ1n) is 6.03. The summed E-state index contributed by atoms with van der Waals surface area (Å²) in [7, 11) is 0. The number of carboxylic acid groups (broad SMARTS) is 1. The molecule has 0 amide bonds. The molecule has 2 rings (SSSR count). The van der Waals surface area contributed by atoms with Gasteiger partial charge in [0.25, 0.3) is 0 Å². The van der Waals surface area contributed by atoms with Crippen molar-refractivity contribution in [2.45, 2.75) is 38.7 Å². The van der Waals surface area contributed by atoms with Crippen LogP contribution in [-0.4, -0.2) is 22.2 Å². The Morgan fingerprint density at radius 1 is 1.47 bits per heavy atom. The lowest BCUT2D eigenvalue weighted by atomic mass is 9.88. The minimum atomic E-state index is -0.950. The van der Waals surface area contributed by atoms with Crippen LogP contribution in [0.1, 0.15) is 43.0 Å². The third kappa shape index (κ3) is 2.96. The third-order valence-corrected chi connectivity index (χ3v) is 3.29. The van der Waals surface area contributed by atoms with Crippen molar-refractivity contribution in [1.29, 1.82) is 0 Å². The molecule has 92 valence electrons. The van der Waals surface area contributed by atoms with Gasteiger partial charge in [0.1, 0.15) is 6.10 Å². The Morgan fingerprint density at radius 3 is 2.94 bits per heavy atom. The predicted molar refractivity (Wildman–Crippen MR) is 63.2 cm³/mol. The van der Waals surface area contributed by atoms with Crippen molar-refractivity contribution in [2.24, 2.45) is 5.92 Å². The highest BCUT2D eigenvalue weighted by Gasteiger charge is 2.23. The molecule has 1 aromatic rings. The normalized spacial score (nSPS) is 24.3. The molecule has 1 saturated carbocycles. The number of aromatic nitrogens is 1. The fraction of sp³-hybridized carbons (Fsp3) is 0.538. The summed E-state index contributed by atoms with van der Waals surface area (Å²) in [6.07, 6.45) is 6.27. The molecule has 0 unspecified atom stereocenters. The van der Waals surface area contributed by atoms with Gasteiger partial charge in [-0.05, 0) is 31.2 Å². The van der Waals surface area contributed by atoms with Crippen LogP contribution in [-0.2, 0) is 0 Å². The molecule has 2 atom stereocenters. The molecule has 4 heteroatoms. The zero-order chi connectivity index (χ0) is 12.3. The molecule has 1 fully saturated rings. The van der Waals surface area contributed by atoms with Crippen molar-refractivity contribution in [3.63, 3.8) is 0 Å². The van der Waals surface area contributed by atoms with Crippen LogP contribution in [0.15, 0.2) is 18.3 Å². The van der Waals surface area contributed by atoms with Crippen LogP contribution in [0, 0.1) is 5.92 Å². The first-order chi connectivity index (χ1) is 8.16. The fourth-order valence-electron chi connectivity index (χ4n) is 2.22. The molecule has 1 heterocycles. The zero-order valence-corrected chi connectivity index (χ0v) is 9.93. The van der Waals surface area contributed by atoms with Crippen LogP contribution >= 0.6 is 0 Å². The summed E-state index contributed by atoms with van der Waals surface area (Å²) in [4.78, 5) is 14.9. The van der Waals surface area contributed by atoms with Crippen molar-refractivity contribution < 1.29 is 14.6 Å². The van der Waals surface area contributed by atoms with Gasteiger partial charge in [0.05, 0.1) is 5.56 Å². The van der Waals surface area contributed by atoms with E-state index in [9.17, 15) is 4.79 Å². The Bertz CT molecular complexity index is 405. The number of rotatable bonds is 3. The fourth-order valence-corrected chi connectivity index (χ4v) is 2.22. The third-order valence-electron chi connectivity index (χ3n) is 3.29. The van der Waals surface area contributed by atoms with Gasteiger partial charge in [0.2, 0.25) is 5.88 Å². The summed E-state index contributed by atoms with van der Waals surface area (Å²) in [5.74, 6) is -0.0170. The quantitative estimate of drug-likeness (QED) is 0.875. The van der Waals surface area contributed by atoms with Gasteiger partial charge in [-0.15, -0.1) is 0 Å². The van der Waals surface area contributed by atoms with Gasteiger partial charge in [-0.3, -0.25) is 0 Å². The van der Waals surface area contributed by atoms with Gasteiger partial charge in [0, 0.05) is 12.3 Å². The molecule has 1 aliphatic carbocycles. The number of aromatic carboxylic acids is 1. The van der Waals surface area contributed by atoms with Crippen molar-refractivity contribution in [1.82, 2.24) is 4.98 Å². The second-order valence-electron chi connectivity index (χ2n) is 4.61. The molecule has 1 aliphatic rings. The number of ether oxygens (including phenoxy) is 1. The number of pyridine rings is 1. The summed E-state index contributed by atoms with van der Waals surface area (Å²) in [6, 6.07) is 2.96. The highest BCUT2D eigenvalue weighted by molar-refractivity contribution is 5.87. The van der Waals surface area contributed by atoms with E-state index in [1.807, 2.05) is 0 Å². The van der Waals surface area contributed by atoms with E-state index in [2.05, 4.69) is 11.9 Å². The molecule has 1 N–H and O–H groups in total. The van der Waals surface area contributed by atoms with Gasteiger partial charge < -0.3 is 9.84 Å². The standard InChI is InChI=1S/C13H17NO3/c1-9-4-2-3-5-11(9)17-12-8-10(13(15)16)6-7-14-12/h6-9,11H,2-5H2,1H3,(H,15,16)/t9-,11+/m1/s1. The average molecular weight is 235 g/mol. The van der Waals surface area contributed by atoms with E-state index in [1.54, 1.807) is 0 Å². The van der Waals surface area contributed by atoms with Gasteiger partial charge in [-0.2, -0.15) is 0 Å². The lowest BCUT2D eigenvalue weighted by Gasteiger charge is -2.28. The lowest BCUT2D eigenvalue weighted by molar-refractivity contribution is 0.0693. The first kappa shape index (κ1) is 11.9. The second kappa shape index (κ2) is 5.17. The molecular formula is C13H17NO3. The number of carbonyl (C=O) groups is 1. The largest absolute Gasteiger partial charge is 0.478 e. The van der Waals surface area contributed by atoms with Crippen molar-refractivity contribution >= 4 is 5.97 Å². The van der Waals surface area contributed by atoms with E-state index in [1.165, 1.54) is 37.6 Å². The summed E-state index contributed by atoms with van der Waals surface area (Å²) in [6.45, 7) is 2.17. The van der Waals surface area contributed by atoms with Gasteiger partial charge in [-0.25, -0.2) is 9.78 Å². The number of hydrogen-bond donors (Lipinski definition) is 1. The van der Waals surface area contributed by atoms with Crippen LogP contribution in [0.3, 0.4) is 0 Å². The van der Waals surface area contributed by atoms with Crippen molar-refractivity contribution in [3.05, 3.63) is 23.9 Å². The average Bonchev–Trinajstić information content (AvgIpc) is 2.32. The van der Waals surface area contributed by atoms with Gasteiger partial charge in [-0.1, -0.05) is 13.3 Å². The summed E-state index contributed by atoms with van der Waals surface area (Å²) in [5.41, 5.74) is 0.221. The topological polar surface area (TPSA) is 59.4 Å². The molecule has 0 aliphatic heterocycles. The van der Waals surface area contributed by atoms with Crippen molar-refractivity contribution in [2.75, 3.05) is 0 Å². The van der Waals surface area contributed by atoms with Crippen LogP contribution in [0.25, 0.3) is 0 Å². The van der Waals surface area contributed by atoms with Gasteiger partial charge >= 0.3 is 5.97 Å². The van der Waals surface area contributed by atoms with E-state index >= 15 is 0 Å². The number of nitrogens with zero attached hydrogens (tertiary/aromatic N) is 1. The monoisotopic (exact) mass is 235 g/mol. The Kier molecular flexibility index (Phi) is 3.61. The van der Waals surface area contributed by atoms with Gasteiger partial charge in [0.15, 0.2) is 0 Å². The molecule has 0 radical (unpaired) electrons. The second-order valence-corrected chi connectivity index (χ2v) is 4.61. The highest BCUT2D eigenvalue weighted by Crippen LogP contribution is 2.27.